The summed E-state index contributed by atoms with van der Waals surface area (Å²) in [5.74, 6) is 0.690. The number of hydrogen-bond acceptors (Lipinski definition) is 5. The first-order valence-electron chi connectivity index (χ1n) is 12.8. The van der Waals surface area contributed by atoms with Crippen molar-refractivity contribution in [2.75, 3.05) is 32.5 Å². The maximum absolute atomic E-state index is 15.5. The zero-order valence-electron chi connectivity index (χ0n) is 21.1. The number of ether oxygens (including phenoxy) is 1. The topological polar surface area (TPSA) is 62.7 Å². The van der Waals surface area contributed by atoms with Gasteiger partial charge in [-0.3, -0.25) is 9.78 Å². The van der Waals surface area contributed by atoms with Crippen LogP contribution < -0.4 is 4.74 Å². The predicted octanol–water partition coefficient (Wildman–Crippen LogP) is 6.77. The van der Waals surface area contributed by atoms with Crippen LogP contribution in [0.5, 0.6) is 5.75 Å². The molecule has 37 heavy (non-hydrogen) atoms. The SMILES string of the molecule is COc1ccc2nccc([C@@H](F)CC[C@@H]3CCN(CCCSc4cccc(F)c4)C[C@@H]3CC(=O)O)c2c1. The van der Waals surface area contributed by atoms with Gasteiger partial charge in [0.1, 0.15) is 17.7 Å². The van der Waals surface area contributed by atoms with Crippen molar-refractivity contribution in [3.05, 3.63) is 66.1 Å². The van der Waals surface area contributed by atoms with Crippen LogP contribution >= 0.6 is 11.8 Å². The molecule has 1 aromatic heterocycles. The first-order valence-corrected chi connectivity index (χ1v) is 13.8. The first-order chi connectivity index (χ1) is 17.9. The van der Waals surface area contributed by atoms with Crippen LogP contribution in [0.4, 0.5) is 8.78 Å². The number of fused-ring (bicyclic) bond motifs is 1. The van der Waals surface area contributed by atoms with Crippen LogP contribution in [0.25, 0.3) is 10.9 Å². The fourth-order valence-corrected chi connectivity index (χ4v) is 6.17. The van der Waals surface area contributed by atoms with Gasteiger partial charge in [0.2, 0.25) is 0 Å². The van der Waals surface area contributed by atoms with Crippen LogP contribution in [0.1, 0.15) is 43.8 Å². The molecule has 8 heteroatoms. The van der Waals surface area contributed by atoms with E-state index in [2.05, 4.69) is 9.88 Å². The minimum atomic E-state index is -1.15. The smallest absolute Gasteiger partial charge is 0.303 e. The van der Waals surface area contributed by atoms with Gasteiger partial charge in [0.15, 0.2) is 0 Å². The zero-order valence-corrected chi connectivity index (χ0v) is 21.9. The Bertz CT molecular complexity index is 1190. The minimum absolute atomic E-state index is 0.00333. The van der Waals surface area contributed by atoms with Gasteiger partial charge in [-0.1, -0.05) is 6.07 Å². The summed E-state index contributed by atoms with van der Waals surface area (Å²) in [6, 6.07) is 13.8. The Morgan fingerprint density at radius 1 is 1.24 bits per heavy atom. The lowest BCUT2D eigenvalue weighted by atomic mass is 9.79. The van der Waals surface area contributed by atoms with Crippen LogP contribution in [-0.4, -0.2) is 53.5 Å². The number of carboxylic acid groups (broad SMARTS) is 1. The Morgan fingerprint density at radius 3 is 2.89 bits per heavy atom. The number of benzene rings is 2. The van der Waals surface area contributed by atoms with E-state index in [0.29, 0.717) is 30.7 Å². The third-order valence-corrected chi connectivity index (χ3v) is 8.29. The van der Waals surface area contributed by atoms with Gasteiger partial charge in [-0.05, 0) is 104 Å². The standard InChI is InChI=1S/C29H34F2N2O3S/c1-36-23-7-9-28-26(18-23)25(10-12-32-28)27(31)8-6-20-11-14-33(19-21(20)16-29(34)35)13-3-15-37-24-5-2-4-22(30)17-24/h2,4-5,7,9-10,12,17-18,20-21,27H,3,6,8,11,13-16,19H2,1H3,(H,34,35)/t20-,21+,27+/m1/s1. The van der Waals surface area contributed by atoms with E-state index in [9.17, 15) is 14.3 Å². The molecule has 4 rings (SSSR count). The Hall–Kier alpha value is -2.71. The van der Waals surface area contributed by atoms with Gasteiger partial charge >= 0.3 is 5.97 Å². The largest absolute Gasteiger partial charge is 0.497 e. The van der Waals surface area contributed by atoms with Crippen molar-refractivity contribution < 1.29 is 23.4 Å². The van der Waals surface area contributed by atoms with E-state index in [1.165, 1.54) is 6.07 Å². The molecule has 198 valence electrons. The highest BCUT2D eigenvalue weighted by Gasteiger charge is 2.31. The number of halogens is 2. The number of likely N-dealkylation sites (tertiary alicyclic amines) is 1. The number of pyridine rings is 1. The summed E-state index contributed by atoms with van der Waals surface area (Å²) in [5.41, 5.74) is 1.33. The third-order valence-electron chi connectivity index (χ3n) is 7.21. The van der Waals surface area contributed by atoms with Gasteiger partial charge < -0.3 is 14.7 Å². The first kappa shape index (κ1) is 27.3. The van der Waals surface area contributed by atoms with Crippen molar-refractivity contribution in [3.8, 4) is 5.75 Å². The normalized spacial score (nSPS) is 19.1. The van der Waals surface area contributed by atoms with Gasteiger partial charge in [-0.2, -0.15) is 0 Å². The summed E-state index contributed by atoms with van der Waals surface area (Å²) >= 11 is 1.63. The molecular weight excluding hydrogens is 494 g/mol. The second-order valence-corrected chi connectivity index (χ2v) is 10.9. The maximum atomic E-state index is 15.5. The number of aromatic nitrogens is 1. The summed E-state index contributed by atoms with van der Waals surface area (Å²) in [7, 11) is 1.59. The minimum Gasteiger partial charge on any atom is -0.497 e. The third kappa shape index (κ3) is 7.65. The molecule has 2 heterocycles. The molecule has 5 nitrogen and oxygen atoms in total. The molecule has 0 unspecified atom stereocenters. The van der Waals surface area contributed by atoms with Gasteiger partial charge in [0.25, 0.3) is 0 Å². The highest BCUT2D eigenvalue weighted by atomic mass is 32.2. The van der Waals surface area contributed by atoms with E-state index in [-0.39, 0.29) is 24.1 Å². The van der Waals surface area contributed by atoms with Crippen LogP contribution in [0.15, 0.2) is 59.6 Å². The monoisotopic (exact) mass is 528 g/mol. The molecule has 1 fully saturated rings. The molecule has 0 saturated carbocycles. The Morgan fingerprint density at radius 2 is 2.11 bits per heavy atom. The fourth-order valence-electron chi connectivity index (χ4n) is 5.29. The van der Waals surface area contributed by atoms with E-state index in [0.717, 1.165) is 47.5 Å². The molecular formula is C29H34F2N2O3S. The van der Waals surface area contributed by atoms with Gasteiger partial charge in [-0.15, -0.1) is 11.8 Å². The average molecular weight is 529 g/mol. The lowest BCUT2D eigenvalue weighted by molar-refractivity contribution is -0.139. The molecule has 1 aliphatic heterocycles. The van der Waals surface area contributed by atoms with E-state index in [1.54, 1.807) is 43.3 Å². The number of carboxylic acids is 1. The molecule has 0 aliphatic carbocycles. The van der Waals surface area contributed by atoms with Crippen LogP contribution in [0.3, 0.4) is 0 Å². The molecule has 1 N–H and O–H groups in total. The van der Waals surface area contributed by atoms with Gasteiger partial charge in [0.05, 0.1) is 12.6 Å². The quantitative estimate of drug-likeness (QED) is 0.207. The van der Waals surface area contributed by atoms with Crippen molar-refractivity contribution in [1.29, 1.82) is 0 Å². The van der Waals surface area contributed by atoms with Crippen LogP contribution in [0, 0.1) is 17.7 Å². The number of nitrogens with zero attached hydrogens (tertiary/aromatic N) is 2. The van der Waals surface area contributed by atoms with Crippen molar-refractivity contribution in [2.24, 2.45) is 11.8 Å². The molecule has 3 atom stereocenters. The number of carbonyl (C=O) groups is 1. The number of aliphatic carboxylic acids is 1. The lowest BCUT2D eigenvalue weighted by Gasteiger charge is -2.38. The van der Waals surface area contributed by atoms with Crippen molar-refractivity contribution in [2.45, 2.75) is 43.2 Å². The van der Waals surface area contributed by atoms with E-state index < -0.39 is 12.1 Å². The van der Waals surface area contributed by atoms with E-state index in [1.807, 2.05) is 24.3 Å². The molecule has 3 aromatic rings. The molecule has 0 bridgehead atoms. The number of methoxy groups -OCH3 is 1. The van der Waals surface area contributed by atoms with Crippen molar-refractivity contribution in [1.82, 2.24) is 9.88 Å². The van der Waals surface area contributed by atoms with Crippen molar-refractivity contribution >= 4 is 28.6 Å². The summed E-state index contributed by atoms with van der Waals surface area (Å²) in [5, 5.41) is 10.3. The van der Waals surface area contributed by atoms with Crippen LogP contribution in [-0.2, 0) is 4.79 Å². The molecule has 0 spiro atoms. The zero-order chi connectivity index (χ0) is 26.2. The maximum Gasteiger partial charge on any atom is 0.303 e. The number of hydrogen-bond donors (Lipinski definition) is 1. The summed E-state index contributed by atoms with van der Waals surface area (Å²) < 4.78 is 34.1. The molecule has 1 saturated heterocycles. The molecule has 0 amide bonds. The second-order valence-electron chi connectivity index (χ2n) is 9.69. The second kappa shape index (κ2) is 13.2. The fraction of sp³-hybridized carbons (Fsp3) is 0.448. The molecule has 0 radical (unpaired) electrons. The Labute approximate surface area is 221 Å². The molecule has 2 aromatic carbocycles. The summed E-state index contributed by atoms with van der Waals surface area (Å²) in [6.45, 7) is 2.48. The number of alkyl halides is 1. The number of rotatable bonds is 12. The van der Waals surface area contributed by atoms with E-state index >= 15 is 4.39 Å². The highest BCUT2D eigenvalue weighted by Crippen LogP contribution is 2.36. The lowest BCUT2D eigenvalue weighted by Crippen LogP contribution is -2.42. The Kier molecular flexibility index (Phi) is 9.75. The number of thioether (sulfide) groups is 1. The predicted molar refractivity (Wildman–Crippen MR) is 143 cm³/mol. The summed E-state index contributed by atoms with van der Waals surface area (Å²) in [6.07, 6.45) is 3.39. The summed E-state index contributed by atoms with van der Waals surface area (Å²) in [4.78, 5) is 19.2. The highest BCUT2D eigenvalue weighted by molar-refractivity contribution is 7.99. The Balaban J connectivity index is 1.31. The van der Waals surface area contributed by atoms with Gasteiger partial charge in [-0.25, -0.2) is 8.78 Å². The average Bonchev–Trinajstić information content (AvgIpc) is 2.89. The van der Waals surface area contributed by atoms with Crippen LogP contribution in [0.2, 0.25) is 0 Å². The van der Waals surface area contributed by atoms with Crippen molar-refractivity contribution in [3.63, 3.8) is 0 Å². The van der Waals surface area contributed by atoms with E-state index in [4.69, 9.17) is 4.74 Å². The molecule has 1 aliphatic rings. The van der Waals surface area contributed by atoms with Gasteiger partial charge in [0, 0.05) is 29.4 Å². The number of piperidine rings is 1.